The largest absolute Gasteiger partial charge is 0.485 e. The van der Waals surface area contributed by atoms with Crippen molar-refractivity contribution in [2.24, 2.45) is 0 Å². The van der Waals surface area contributed by atoms with Crippen molar-refractivity contribution in [1.29, 1.82) is 0 Å². The number of ether oxygens (including phenoxy) is 2. The van der Waals surface area contributed by atoms with Gasteiger partial charge in [0.05, 0.1) is 5.69 Å². The molecular weight excluding hydrogens is 284 g/mol. The third kappa shape index (κ3) is 2.89. The molecule has 0 spiro atoms. The molecule has 0 amide bonds. The van der Waals surface area contributed by atoms with Crippen molar-refractivity contribution >= 4 is 11.3 Å². The SMILES string of the molecule is CNCc1sc(C2COc3ccccc3O2)nc1C(C)C. The van der Waals surface area contributed by atoms with E-state index in [1.54, 1.807) is 11.3 Å². The molecule has 0 aliphatic carbocycles. The van der Waals surface area contributed by atoms with Gasteiger partial charge in [0.25, 0.3) is 0 Å². The molecule has 4 nitrogen and oxygen atoms in total. The lowest BCUT2D eigenvalue weighted by molar-refractivity contribution is 0.0909. The first-order chi connectivity index (χ1) is 10.2. The van der Waals surface area contributed by atoms with E-state index in [0.717, 1.165) is 28.7 Å². The Morgan fingerprint density at radius 1 is 1.33 bits per heavy atom. The van der Waals surface area contributed by atoms with Gasteiger partial charge in [-0.2, -0.15) is 0 Å². The average Bonchev–Trinajstić information content (AvgIpc) is 2.91. The maximum absolute atomic E-state index is 6.05. The van der Waals surface area contributed by atoms with Crippen LogP contribution in [0.5, 0.6) is 11.5 Å². The fourth-order valence-corrected chi connectivity index (χ4v) is 3.65. The minimum absolute atomic E-state index is 0.118. The van der Waals surface area contributed by atoms with Crippen LogP contribution < -0.4 is 14.8 Å². The molecule has 5 heteroatoms. The van der Waals surface area contributed by atoms with Gasteiger partial charge in [-0.25, -0.2) is 4.98 Å². The Morgan fingerprint density at radius 3 is 2.81 bits per heavy atom. The first kappa shape index (κ1) is 14.4. The molecule has 1 N–H and O–H groups in total. The minimum Gasteiger partial charge on any atom is -0.485 e. The van der Waals surface area contributed by atoms with Crippen molar-refractivity contribution in [3.05, 3.63) is 39.8 Å². The molecule has 1 unspecified atom stereocenters. The number of para-hydroxylation sites is 2. The van der Waals surface area contributed by atoms with E-state index in [-0.39, 0.29) is 6.10 Å². The molecular formula is C16H20N2O2S. The maximum atomic E-state index is 6.05. The van der Waals surface area contributed by atoms with Gasteiger partial charge < -0.3 is 14.8 Å². The summed E-state index contributed by atoms with van der Waals surface area (Å²) in [5.74, 6) is 2.02. The van der Waals surface area contributed by atoms with E-state index in [9.17, 15) is 0 Å². The Labute approximate surface area is 129 Å². The van der Waals surface area contributed by atoms with Crippen LogP contribution in [-0.2, 0) is 6.54 Å². The number of fused-ring (bicyclic) bond motifs is 1. The number of aromatic nitrogens is 1. The lowest BCUT2D eigenvalue weighted by Gasteiger charge is -2.24. The standard InChI is InChI=1S/C16H20N2O2S/c1-10(2)15-14(8-17-3)21-16(18-15)13-9-19-11-6-4-5-7-12(11)20-13/h4-7,10,13,17H,8-9H2,1-3H3. The van der Waals surface area contributed by atoms with Crippen molar-refractivity contribution in [1.82, 2.24) is 10.3 Å². The van der Waals surface area contributed by atoms with Crippen LogP contribution in [0.2, 0.25) is 0 Å². The number of rotatable bonds is 4. The third-order valence-electron chi connectivity index (χ3n) is 3.41. The zero-order chi connectivity index (χ0) is 14.8. The number of hydrogen-bond acceptors (Lipinski definition) is 5. The molecule has 3 rings (SSSR count). The molecule has 0 saturated carbocycles. The van der Waals surface area contributed by atoms with Crippen molar-refractivity contribution in [2.45, 2.75) is 32.4 Å². The van der Waals surface area contributed by atoms with Crippen LogP contribution >= 0.6 is 11.3 Å². The van der Waals surface area contributed by atoms with E-state index >= 15 is 0 Å². The van der Waals surface area contributed by atoms with E-state index in [1.807, 2.05) is 31.3 Å². The second kappa shape index (κ2) is 6.03. The Morgan fingerprint density at radius 2 is 2.10 bits per heavy atom. The second-order valence-electron chi connectivity index (χ2n) is 5.41. The molecule has 1 aromatic carbocycles. The fourth-order valence-electron chi connectivity index (χ4n) is 2.40. The predicted octanol–water partition coefficient (Wildman–Crippen LogP) is 3.50. The molecule has 2 heterocycles. The monoisotopic (exact) mass is 304 g/mol. The van der Waals surface area contributed by atoms with Gasteiger partial charge in [-0.05, 0) is 25.1 Å². The number of hydrogen-bond donors (Lipinski definition) is 1. The molecule has 21 heavy (non-hydrogen) atoms. The van der Waals surface area contributed by atoms with E-state index in [1.165, 1.54) is 4.88 Å². The van der Waals surface area contributed by atoms with Gasteiger partial charge in [0.2, 0.25) is 0 Å². The first-order valence-electron chi connectivity index (χ1n) is 7.21. The van der Waals surface area contributed by atoms with Crippen molar-refractivity contribution < 1.29 is 9.47 Å². The van der Waals surface area contributed by atoms with Gasteiger partial charge in [0.15, 0.2) is 17.6 Å². The van der Waals surface area contributed by atoms with Crippen LogP contribution in [-0.4, -0.2) is 18.6 Å². The summed E-state index contributed by atoms with van der Waals surface area (Å²) in [6.45, 7) is 5.70. The van der Waals surface area contributed by atoms with Gasteiger partial charge >= 0.3 is 0 Å². The van der Waals surface area contributed by atoms with Gasteiger partial charge in [0.1, 0.15) is 11.6 Å². The van der Waals surface area contributed by atoms with Crippen LogP contribution in [0.3, 0.4) is 0 Å². The zero-order valence-corrected chi connectivity index (χ0v) is 13.4. The van der Waals surface area contributed by atoms with Crippen molar-refractivity contribution in [3.8, 4) is 11.5 Å². The zero-order valence-electron chi connectivity index (χ0n) is 12.6. The Kier molecular flexibility index (Phi) is 4.12. The summed E-state index contributed by atoms with van der Waals surface area (Å²) in [5, 5.41) is 4.21. The molecule has 1 aliphatic rings. The third-order valence-corrected chi connectivity index (χ3v) is 4.58. The van der Waals surface area contributed by atoms with Crippen LogP contribution in [0.25, 0.3) is 0 Å². The minimum atomic E-state index is -0.118. The number of thiazole rings is 1. The van der Waals surface area contributed by atoms with Crippen molar-refractivity contribution in [2.75, 3.05) is 13.7 Å². The smallest absolute Gasteiger partial charge is 0.184 e. The summed E-state index contributed by atoms with van der Waals surface area (Å²) in [5.41, 5.74) is 1.16. The van der Waals surface area contributed by atoms with Crippen LogP contribution in [0.4, 0.5) is 0 Å². The molecule has 0 radical (unpaired) electrons. The lowest BCUT2D eigenvalue weighted by atomic mass is 10.1. The van der Waals surface area contributed by atoms with Gasteiger partial charge in [-0.3, -0.25) is 0 Å². The molecule has 1 atom stereocenters. The molecule has 2 aromatic rings. The van der Waals surface area contributed by atoms with Crippen LogP contribution in [0.15, 0.2) is 24.3 Å². The van der Waals surface area contributed by atoms with Crippen LogP contribution in [0.1, 0.15) is 41.4 Å². The van der Waals surface area contributed by atoms with Crippen LogP contribution in [0, 0.1) is 0 Å². The number of nitrogens with one attached hydrogen (secondary N) is 1. The topological polar surface area (TPSA) is 43.4 Å². The van der Waals surface area contributed by atoms with E-state index < -0.39 is 0 Å². The van der Waals surface area contributed by atoms with E-state index in [2.05, 4.69) is 19.2 Å². The predicted molar refractivity (Wildman–Crippen MR) is 84.3 cm³/mol. The molecule has 1 aliphatic heterocycles. The Balaban J connectivity index is 1.86. The molecule has 112 valence electrons. The Bertz CT molecular complexity index is 624. The normalized spacial score (nSPS) is 17.2. The average molecular weight is 304 g/mol. The Hall–Kier alpha value is -1.59. The highest BCUT2D eigenvalue weighted by Gasteiger charge is 2.27. The summed E-state index contributed by atoms with van der Waals surface area (Å²) < 4.78 is 11.8. The molecule has 0 saturated heterocycles. The highest BCUT2D eigenvalue weighted by Crippen LogP contribution is 2.38. The van der Waals surface area contributed by atoms with Gasteiger partial charge in [0, 0.05) is 11.4 Å². The summed E-state index contributed by atoms with van der Waals surface area (Å²) >= 11 is 1.71. The summed E-state index contributed by atoms with van der Waals surface area (Å²) in [6, 6.07) is 7.78. The molecule has 1 aromatic heterocycles. The summed E-state index contributed by atoms with van der Waals surface area (Å²) in [4.78, 5) is 6.08. The molecule has 0 bridgehead atoms. The number of benzene rings is 1. The van der Waals surface area contributed by atoms with Gasteiger partial charge in [-0.15, -0.1) is 11.3 Å². The number of nitrogens with zero attached hydrogens (tertiary/aromatic N) is 1. The van der Waals surface area contributed by atoms with E-state index in [0.29, 0.717) is 12.5 Å². The van der Waals surface area contributed by atoms with Gasteiger partial charge in [-0.1, -0.05) is 26.0 Å². The fraction of sp³-hybridized carbons (Fsp3) is 0.438. The maximum Gasteiger partial charge on any atom is 0.184 e. The highest BCUT2D eigenvalue weighted by atomic mass is 32.1. The summed E-state index contributed by atoms with van der Waals surface area (Å²) in [6.07, 6.45) is -0.118. The second-order valence-corrected chi connectivity index (χ2v) is 6.52. The summed E-state index contributed by atoms with van der Waals surface area (Å²) in [7, 11) is 1.96. The van der Waals surface area contributed by atoms with Crippen molar-refractivity contribution in [3.63, 3.8) is 0 Å². The first-order valence-corrected chi connectivity index (χ1v) is 8.03. The highest BCUT2D eigenvalue weighted by molar-refractivity contribution is 7.11. The molecule has 0 fully saturated rings. The quantitative estimate of drug-likeness (QED) is 0.939. The lowest BCUT2D eigenvalue weighted by Crippen LogP contribution is -2.21. The van der Waals surface area contributed by atoms with E-state index in [4.69, 9.17) is 14.5 Å².